The fourth-order valence-electron chi connectivity index (χ4n) is 3.85. The van der Waals surface area contributed by atoms with Crippen LogP contribution in [0.15, 0.2) is 65.3 Å². The summed E-state index contributed by atoms with van der Waals surface area (Å²) in [5.41, 5.74) is 3.81. The summed E-state index contributed by atoms with van der Waals surface area (Å²) < 4.78 is 11.9. The normalized spacial score (nSPS) is 11.1. The first-order valence-electron chi connectivity index (χ1n) is 10.8. The second-order valence-electron chi connectivity index (χ2n) is 7.91. The van der Waals surface area contributed by atoms with Gasteiger partial charge < -0.3 is 9.26 Å². The highest BCUT2D eigenvalue weighted by atomic mass is 35.5. The molecule has 0 saturated carbocycles. The largest absolute Gasteiger partial charge is 0.494 e. The SMILES string of the molecule is COc1ccc(C)c2sc(N(Cc3ccccn3)C(=O)c3c(-c4ccccc4Cl)noc3C)nc12. The Kier molecular flexibility index (Phi) is 6.23. The number of nitrogens with zero attached hydrogens (tertiary/aromatic N) is 4. The van der Waals surface area contributed by atoms with Crippen LogP contribution in [0.3, 0.4) is 0 Å². The van der Waals surface area contributed by atoms with E-state index in [1.165, 1.54) is 11.3 Å². The Morgan fingerprint density at radius 2 is 1.91 bits per heavy atom. The van der Waals surface area contributed by atoms with E-state index in [9.17, 15) is 4.79 Å². The minimum Gasteiger partial charge on any atom is -0.494 e. The highest BCUT2D eigenvalue weighted by Gasteiger charge is 2.30. The van der Waals surface area contributed by atoms with Gasteiger partial charge in [0.25, 0.3) is 5.91 Å². The lowest BCUT2D eigenvalue weighted by Gasteiger charge is -2.19. The first kappa shape index (κ1) is 23.0. The number of carbonyl (C=O) groups is 1. The molecular formula is C26H21ClN4O3S. The predicted molar refractivity (Wildman–Crippen MR) is 137 cm³/mol. The van der Waals surface area contributed by atoms with Crippen molar-refractivity contribution in [2.75, 3.05) is 12.0 Å². The number of rotatable bonds is 6. The van der Waals surface area contributed by atoms with Gasteiger partial charge in [-0.1, -0.05) is 58.4 Å². The molecule has 176 valence electrons. The topological polar surface area (TPSA) is 81.4 Å². The monoisotopic (exact) mass is 504 g/mol. The van der Waals surface area contributed by atoms with Crippen LogP contribution in [0.4, 0.5) is 5.13 Å². The van der Waals surface area contributed by atoms with E-state index in [2.05, 4.69) is 10.1 Å². The molecule has 5 aromatic rings. The summed E-state index contributed by atoms with van der Waals surface area (Å²) in [6.45, 7) is 3.94. The lowest BCUT2D eigenvalue weighted by atomic mass is 10.0. The fourth-order valence-corrected chi connectivity index (χ4v) is 5.13. The number of aromatic nitrogens is 3. The maximum Gasteiger partial charge on any atom is 0.266 e. The van der Waals surface area contributed by atoms with Crippen LogP contribution in [-0.2, 0) is 6.54 Å². The number of ether oxygens (including phenoxy) is 1. The van der Waals surface area contributed by atoms with Gasteiger partial charge in [0.1, 0.15) is 28.3 Å². The van der Waals surface area contributed by atoms with Gasteiger partial charge in [-0.05, 0) is 43.7 Å². The van der Waals surface area contributed by atoms with Crippen molar-refractivity contribution in [1.82, 2.24) is 15.1 Å². The standard InChI is InChI=1S/C26H21ClN4O3S/c1-15-11-12-20(33-3)23-24(15)35-26(29-23)31(14-17-8-6-7-13-28-17)25(32)21-16(2)34-30-22(21)18-9-4-5-10-19(18)27/h4-13H,14H2,1-3H3. The van der Waals surface area contributed by atoms with E-state index < -0.39 is 0 Å². The van der Waals surface area contributed by atoms with Gasteiger partial charge in [0.2, 0.25) is 0 Å². The summed E-state index contributed by atoms with van der Waals surface area (Å²) >= 11 is 7.86. The molecule has 0 atom stereocenters. The van der Waals surface area contributed by atoms with Crippen LogP contribution >= 0.6 is 22.9 Å². The summed E-state index contributed by atoms with van der Waals surface area (Å²) in [6, 6.07) is 16.7. The number of benzene rings is 2. The first-order valence-corrected chi connectivity index (χ1v) is 12.0. The molecule has 0 spiro atoms. The third kappa shape index (κ3) is 4.26. The molecule has 7 nitrogen and oxygen atoms in total. The molecule has 0 unspecified atom stereocenters. The molecule has 0 saturated heterocycles. The predicted octanol–water partition coefficient (Wildman–Crippen LogP) is 6.47. The van der Waals surface area contributed by atoms with Crippen molar-refractivity contribution in [2.45, 2.75) is 20.4 Å². The molecule has 0 N–H and O–H groups in total. The number of halogens is 1. The second kappa shape index (κ2) is 9.48. The van der Waals surface area contributed by atoms with Gasteiger partial charge in [-0.25, -0.2) is 4.98 Å². The van der Waals surface area contributed by atoms with E-state index in [1.807, 2.05) is 55.5 Å². The number of hydrogen-bond donors (Lipinski definition) is 0. The van der Waals surface area contributed by atoms with Gasteiger partial charge in [0.05, 0.1) is 29.1 Å². The zero-order valence-corrected chi connectivity index (χ0v) is 20.9. The van der Waals surface area contributed by atoms with Crippen LogP contribution in [0.2, 0.25) is 5.02 Å². The van der Waals surface area contributed by atoms with Crippen molar-refractivity contribution in [3.8, 4) is 17.0 Å². The van der Waals surface area contributed by atoms with Crippen LogP contribution in [0.1, 0.15) is 27.4 Å². The van der Waals surface area contributed by atoms with Crippen molar-refractivity contribution in [2.24, 2.45) is 0 Å². The second-order valence-corrected chi connectivity index (χ2v) is 9.30. The molecule has 0 aliphatic rings. The molecule has 1 amide bonds. The minimum atomic E-state index is -0.306. The number of methoxy groups -OCH3 is 1. The maximum atomic E-state index is 14.1. The van der Waals surface area contributed by atoms with Crippen molar-refractivity contribution >= 4 is 44.2 Å². The van der Waals surface area contributed by atoms with Gasteiger partial charge in [-0.2, -0.15) is 0 Å². The zero-order chi connectivity index (χ0) is 24.5. The lowest BCUT2D eigenvalue weighted by molar-refractivity contribution is 0.0984. The molecule has 5 rings (SSSR count). The molecule has 0 fully saturated rings. The summed E-state index contributed by atoms with van der Waals surface area (Å²) in [5.74, 6) is 0.738. The third-order valence-electron chi connectivity index (χ3n) is 5.64. The van der Waals surface area contributed by atoms with Gasteiger partial charge in [-0.3, -0.25) is 14.7 Å². The molecule has 2 aromatic carbocycles. The fraction of sp³-hybridized carbons (Fsp3) is 0.154. The van der Waals surface area contributed by atoms with Crippen molar-refractivity contribution in [3.05, 3.63) is 88.4 Å². The Morgan fingerprint density at radius 1 is 1.11 bits per heavy atom. The smallest absolute Gasteiger partial charge is 0.266 e. The van der Waals surface area contributed by atoms with E-state index in [0.717, 1.165) is 16.0 Å². The number of hydrogen-bond acceptors (Lipinski definition) is 7. The molecule has 0 radical (unpaired) electrons. The number of fused-ring (bicyclic) bond motifs is 1. The molecule has 0 aliphatic carbocycles. The molecule has 3 aromatic heterocycles. The van der Waals surface area contributed by atoms with E-state index in [1.54, 1.807) is 31.2 Å². The van der Waals surface area contributed by atoms with Gasteiger partial charge in [0.15, 0.2) is 5.13 Å². The van der Waals surface area contributed by atoms with Crippen molar-refractivity contribution in [1.29, 1.82) is 0 Å². The van der Waals surface area contributed by atoms with Crippen LogP contribution in [0.5, 0.6) is 5.75 Å². The molecule has 3 heterocycles. The maximum absolute atomic E-state index is 14.1. The molecule has 0 aliphatic heterocycles. The van der Waals surface area contributed by atoms with Gasteiger partial charge in [-0.15, -0.1) is 0 Å². The third-order valence-corrected chi connectivity index (χ3v) is 7.18. The highest BCUT2D eigenvalue weighted by Crippen LogP contribution is 2.39. The quantitative estimate of drug-likeness (QED) is 0.263. The van der Waals surface area contributed by atoms with Gasteiger partial charge in [0, 0.05) is 11.8 Å². The summed E-state index contributed by atoms with van der Waals surface area (Å²) in [6.07, 6.45) is 1.70. The molecule has 9 heteroatoms. The number of thiazole rings is 1. The van der Waals surface area contributed by atoms with Crippen LogP contribution in [-0.4, -0.2) is 28.1 Å². The number of pyridine rings is 1. The summed E-state index contributed by atoms with van der Waals surface area (Å²) in [4.78, 5) is 25.0. The van der Waals surface area contributed by atoms with Gasteiger partial charge >= 0.3 is 0 Å². The Morgan fingerprint density at radius 3 is 2.66 bits per heavy atom. The van der Waals surface area contributed by atoms with Crippen molar-refractivity contribution in [3.63, 3.8) is 0 Å². The Bertz CT molecular complexity index is 1530. The van der Waals surface area contributed by atoms with E-state index in [-0.39, 0.29) is 12.5 Å². The lowest BCUT2D eigenvalue weighted by Crippen LogP contribution is -2.31. The average Bonchev–Trinajstić information content (AvgIpc) is 3.48. The van der Waals surface area contributed by atoms with Crippen molar-refractivity contribution < 1.29 is 14.1 Å². The minimum absolute atomic E-state index is 0.216. The van der Waals surface area contributed by atoms with E-state index in [0.29, 0.717) is 44.0 Å². The van der Waals surface area contributed by atoms with Crippen LogP contribution in [0.25, 0.3) is 21.5 Å². The number of anilines is 1. The van der Waals surface area contributed by atoms with E-state index in [4.69, 9.17) is 25.8 Å². The Labute approximate surface area is 210 Å². The highest BCUT2D eigenvalue weighted by molar-refractivity contribution is 7.22. The molecular weight excluding hydrogens is 484 g/mol. The summed E-state index contributed by atoms with van der Waals surface area (Å²) in [7, 11) is 1.61. The first-order chi connectivity index (χ1) is 17.0. The summed E-state index contributed by atoms with van der Waals surface area (Å²) in [5, 5.41) is 5.18. The molecule has 0 bridgehead atoms. The Hall–Kier alpha value is -3.75. The number of aryl methyl sites for hydroxylation is 2. The van der Waals surface area contributed by atoms with Crippen LogP contribution in [0, 0.1) is 13.8 Å². The zero-order valence-electron chi connectivity index (χ0n) is 19.3. The number of amides is 1. The molecule has 35 heavy (non-hydrogen) atoms. The van der Waals surface area contributed by atoms with E-state index >= 15 is 0 Å². The Balaban J connectivity index is 1.67. The van der Waals surface area contributed by atoms with Crippen LogP contribution < -0.4 is 9.64 Å². The average molecular weight is 505 g/mol. The number of carbonyl (C=O) groups excluding carboxylic acids is 1.